The number of methoxy groups -OCH3 is 2. The Bertz CT molecular complexity index is 1060. The van der Waals surface area contributed by atoms with Gasteiger partial charge in [0.25, 0.3) is 0 Å². The van der Waals surface area contributed by atoms with E-state index in [9.17, 15) is 28.8 Å². The number of alkyl carbamates (subject to hydrolysis) is 2. The molecule has 0 heterocycles. The van der Waals surface area contributed by atoms with Crippen molar-refractivity contribution < 1.29 is 57.2 Å². The number of carbonyl (C=O) groups is 6. The van der Waals surface area contributed by atoms with E-state index in [2.05, 4.69) is 21.3 Å². The third-order valence-electron chi connectivity index (χ3n) is 5.54. The van der Waals surface area contributed by atoms with Gasteiger partial charge in [-0.25, -0.2) is 19.2 Å². The molecule has 4 amide bonds. The van der Waals surface area contributed by atoms with Gasteiger partial charge in [-0.15, -0.1) is 0 Å². The van der Waals surface area contributed by atoms with Crippen LogP contribution in [0.25, 0.3) is 0 Å². The lowest BCUT2D eigenvalue weighted by atomic mass is 10.2. The summed E-state index contributed by atoms with van der Waals surface area (Å²) >= 11 is 0. The maximum absolute atomic E-state index is 13.4. The summed E-state index contributed by atoms with van der Waals surface area (Å²) in [7, 11) is 4.52. The molecule has 18 heteroatoms. The van der Waals surface area contributed by atoms with Gasteiger partial charge >= 0.3 is 24.1 Å². The summed E-state index contributed by atoms with van der Waals surface area (Å²) in [5.41, 5.74) is -2.97. The number of esters is 2. The van der Waals surface area contributed by atoms with Crippen molar-refractivity contribution in [2.24, 2.45) is 0 Å². The van der Waals surface area contributed by atoms with Gasteiger partial charge in [0.1, 0.15) is 23.3 Å². The van der Waals surface area contributed by atoms with Crippen LogP contribution >= 0.6 is 21.6 Å². The van der Waals surface area contributed by atoms with Crippen LogP contribution in [-0.2, 0) is 47.6 Å². The summed E-state index contributed by atoms with van der Waals surface area (Å²) in [5, 5.41) is 10.1. The van der Waals surface area contributed by atoms with Crippen molar-refractivity contribution >= 4 is 57.5 Å². The van der Waals surface area contributed by atoms with E-state index >= 15 is 0 Å². The molecule has 16 nitrogen and oxygen atoms in total. The first kappa shape index (κ1) is 47.0. The Morgan fingerprint density at radius 2 is 0.780 bits per heavy atom. The number of hydrogen-bond donors (Lipinski definition) is 4. The molecule has 4 N–H and O–H groups in total. The molecule has 0 bridgehead atoms. The standard InChI is InChI=1S/C32H58N4O12S2/c1-29(2,3)45-15-19(25(39)43-13)33-23(37)21(35-27(41)47-31(7,8)9)17-49-50-18-22(36-28(42)48-32(10,11)12)24(38)34-20(26(40)44-14)16-46-30(4,5)6/h19-22H,15-18H2,1-14H3,(H,33,37)(H,34,38)(H,35,41)(H,36,42)/t19-,20-,21-,22-/m0/s1. The van der Waals surface area contributed by atoms with Crippen molar-refractivity contribution in [1.29, 1.82) is 0 Å². The van der Waals surface area contributed by atoms with E-state index in [-0.39, 0.29) is 24.7 Å². The fourth-order valence-corrected chi connectivity index (χ4v) is 5.66. The van der Waals surface area contributed by atoms with E-state index in [1.165, 1.54) is 14.2 Å². The molecule has 0 aromatic rings. The van der Waals surface area contributed by atoms with E-state index in [1.54, 1.807) is 83.1 Å². The first-order valence-electron chi connectivity index (χ1n) is 15.9. The molecular formula is C32H58N4O12S2. The van der Waals surface area contributed by atoms with Crippen LogP contribution in [0.2, 0.25) is 0 Å². The number of amides is 4. The van der Waals surface area contributed by atoms with Crippen molar-refractivity contribution in [3.8, 4) is 0 Å². The Kier molecular flexibility index (Phi) is 19.6. The molecule has 0 unspecified atom stereocenters. The summed E-state index contributed by atoms with van der Waals surface area (Å²) in [6, 6.07) is -4.78. The largest absolute Gasteiger partial charge is 0.467 e. The zero-order chi connectivity index (χ0) is 39.1. The third-order valence-corrected chi connectivity index (χ3v) is 7.96. The molecule has 0 rings (SSSR count). The van der Waals surface area contributed by atoms with E-state index in [0.29, 0.717) is 0 Å². The Hall–Kier alpha value is -2.96. The fourth-order valence-electron chi connectivity index (χ4n) is 3.33. The molecule has 0 aromatic heterocycles. The van der Waals surface area contributed by atoms with Gasteiger partial charge < -0.3 is 49.7 Å². The third kappa shape index (κ3) is 22.7. The Morgan fingerprint density at radius 3 is 1.02 bits per heavy atom. The highest BCUT2D eigenvalue weighted by Gasteiger charge is 2.32. The molecule has 4 atom stereocenters. The number of nitrogens with one attached hydrogen (secondary N) is 4. The number of carbonyl (C=O) groups excluding carboxylic acids is 6. The lowest BCUT2D eigenvalue weighted by Gasteiger charge is -2.27. The molecule has 0 aliphatic carbocycles. The van der Waals surface area contributed by atoms with Crippen LogP contribution in [0.15, 0.2) is 0 Å². The molecule has 0 spiro atoms. The molecule has 290 valence electrons. The smallest absolute Gasteiger partial charge is 0.408 e. The summed E-state index contributed by atoms with van der Waals surface area (Å²) in [6.45, 7) is 20.3. The highest BCUT2D eigenvalue weighted by molar-refractivity contribution is 8.76. The summed E-state index contributed by atoms with van der Waals surface area (Å²) in [5.74, 6) is -3.07. The second kappa shape index (κ2) is 20.8. The van der Waals surface area contributed by atoms with E-state index < -0.39 is 82.5 Å². The quantitative estimate of drug-likeness (QED) is 0.0729. The molecular weight excluding hydrogens is 697 g/mol. The molecule has 0 saturated heterocycles. The zero-order valence-corrected chi connectivity index (χ0v) is 33.5. The number of ether oxygens (including phenoxy) is 6. The van der Waals surface area contributed by atoms with Gasteiger partial charge in [-0.1, -0.05) is 21.6 Å². The van der Waals surface area contributed by atoms with Crippen LogP contribution in [0.1, 0.15) is 83.1 Å². The fraction of sp³-hybridized carbons (Fsp3) is 0.812. The van der Waals surface area contributed by atoms with Crippen LogP contribution in [0.3, 0.4) is 0 Å². The summed E-state index contributed by atoms with van der Waals surface area (Å²) in [6.07, 6.45) is -1.75. The van der Waals surface area contributed by atoms with Gasteiger partial charge in [-0.05, 0) is 83.1 Å². The number of hydrogen-bond acceptors (Lipinski definition) is 14. The van der Waals surface area contributed by atoms with Crippen LogP contribution in [-0.4, -0.2) is 121 Å². The maximum Gasteiger partial charge on any atom is 0.408 e. The van der Waals surface area contributed by atoms with Gasteiger partial charge in [-0.3, -0.25) is 9.59 Å². The first-order chi connectivity index (χ1) is 22.7. The topological polar surface area (TPSA) is 206 Å². The number of rotatable bonds is 17. The maximum atomic E-state index is 13.4. The van der Waals surface area contributed by atoms with Crippen molar-refractivity contribution in [2.75, 3.05) is 38.9 Å². The van der Waals surface area contributed by atoms with Gasteiger partial charge in [0.15, 0.2) is 12.1 Å². The second-order valence-corrected chi connectivity index (χ2v) is 17.5. The highest BCUT2D eigenvalue weighted by Crippen LogP contribution is 2.24. The van der Waals surface area contributed by atoms with Crippen molar-refractivity contribution in [3.05, 3.63) is 0 Å². The average molecular weight is 755 g/mol. The van der Waals surface area contributed by atoms with E-state index in [0.717, 1.165) is 21.6 Å². The summed E-state index contributed by atoms with van der Waals surface area (Å²) in [4.78, 5) is 77.0. The molecule has 0 aliphatic heterocycles. The van der Waals surface area contributed by atoms with E-state index in [4.69, 9.17) is 28.4 Å². The minimum atomic E-state index is -1.21. The Balaban J connectivity index is 5.99. The molecule has 50 heavy (non-hydrogen) atoms. The van der Waals surface area contributed by atoms with Crippen LogP contribution in [0.5, 0.6) is 0 Å². The lowest BCUT2D eigenvalue weighted by molar-refractivity contribution is -0.149. The van der Waals surface area contributed by atoms with E-state index in [1.807, 2.05) is 0 Å². The minimum Gasteiger partial charge on any atom is -0.467 e. The van der Waals surface area contributed by atoms with Crippen molar-refractivity contribution in [1.82, 2.24) is 21.3 Å². The first-order valence-corrected chi connectivity index (χ1v) is 18.4. The normalized spacial score (nSPS) is 14.6. The predicted molar refractivity (Wildman–Crippen MR) is 191 cm³/mol. The van der Waals surface area contributed by atoms with Crippen molar-refractivity contribution in [3.63, 3.8) is 0 Å². The molecule has 0 aliphatic rings. The molecule has 0 radical (unpaired) electrons. The SMILES string of the molecule is COC(=O)[C@H](COC(C)(C)C)NC(=O)[C@H](CSSC[C@H](NC(=O)OC(C)(C)C)C(=O)N[C@@H](COC(C)(C)C)C(=O)OC)NC(=O)OC(C)(C)C. The van der Waals surface area contributed by atoms with Crippen LogP contribution < -0.4 is 21.3 Å². The molecule has 0 aromatic carbocycles. The van der Waals surface area contributed by atoms with Crippen molar-refractivity contribution in [2.45, 2.75) is 130 Å². The minimum absolute atomic E-state index is 0.0608. The van der Waals surface area contributed by atoms with Crippen LogP contribution in [0, 0.1) is 0 Å². The Morgan fingerprint density at radius 1 is 0.480 bits per heavy atom. The van der Waals surface area contributed by atoms with Gasteiger partial charge in [0, 0.05) is 11.5 Å². The highest BCUT2D eigenvalue weighted by atomic mass is 33.1. The molecule has 0 fully saturated rings. The lowest BCUT2D eigenvalue weighted by Crippen LogP contribution is -2.55. The monoisotopic (exact) mass is 754 g/mol. The summed E-state index contributed by atoms with van der Waals surface area (Å²) < 4.78 is 31.6. The zero-order valence-electron chi connectivity index (χ0n) is 31.9. The van der Waals surface area contributed by atoms with Crippen LogP contribution in [0.4, 0.5) is 9.59 Å². The average Bonchev–Trinajstić information content (AvgIpc) is 2.94. The predicted octanol–water partition coefficient (Wildman–Crippen LogP) is 3.10. The van der Waals surface area contributed by atoms with Gasteiger partial charge in [0.05, 0.1) is 38.6 Å². The van der Waals surface area contributed by atoms with Gasteiger partial charge in [-0.2, -0.15) is 0 Å². The Labute approximate surface area is 304 Å². The second-order valence-electron chi connectivity index (χ2n) is 15.0. The van der Waals surface area contributed by atoms with Gasteiger partial charge in [0.2, 0.25) is 11.8 Å². The molecule has 0 saturated carbocycles.